The normalized spacial score (nSPS) is 20.2. The number of hydrogen-bond acceptors (Lipinski definition) is 4. The predicted molar refractivity (Wildman–Crippen MR) is 146 cm³/mol. The van der Waals surface area contributed by atoms with Crippen LogP contribution in [0.3, 0.4) is 0 Å². The summed E-state index contributed by atoms with van der Waals surface area (Å²) in [6, 6.07) is 12.2. The highest BCUT2D eigenvalue weighted by atomic mass is 127. The topological polar surface area (TPSA) is 52.9 Å². The zero-order chi connectivity index (χ0) is 22.0. The van der Waals surface area contributed by atoms with Crippen molar-refractivity contribution < 1.29 is 9.90 Å². The van der Waals surface area contributed by atoms with E-state index in [9.17, 15) is 9.90 Å². The Hall–Kier alpha value is -1.07. The molecule has 7 heteroatoms. The molecule has 0 atom stereocenters. The second kappa shape index (κ2) is 10.2. The Morgan fingerprint density at radius 1 is 1.16 bits per heavy atom. The Bertz CT molecular complexity index is 1040. The summed E-state index contributed by atoms with van der Waals surface area (Å²) >= 11 is 5.71. The van der Waals surface area contributed by atoms with Crippen LogP contribution in [0.2, 0.25) is 0 Å². The lowest BCUT2D eigenvalue weighted by Crippen LogP contribution is -2.40. The number of hydrogen-bond donors (Lipinski definition) is 1. The van der Waals surface area contributed by atoms with Crippen molar-refractivity contribution in [3.05, 3.63) is 59.6 Å². The Balaban J connectivity index is 1.74. The number of benzene rings is 2. The van der Waals surface area contributed by atoms with Crippen molar-refractivity contribution >= 4 is 79.8 Å². The van der Waals surface area contributed by atoms with Gasteiger partial charge in [-0.2, -0.15) is 0 Å². The molecule has 2 fully saturated rings. The first kappa shape index (κ1) is 23.1. The van der Waals surface area contributed by atoms with Gasteiger partial charge in [0.1, 0.15) is 5.75 Å². The molecule has 31 heavy (non-hydrogen) atoms. The first-order valence-electron chi connectivity index (χ1n) is 10.6. The summed E-state index contributed by atoms with van der Waals surface area (Å²) in [7, 11) is 0. The van der Waals surface area contributed by atoms with E-state index in [-0.39, 0.29) is 17.7 Å². The molecule has 2 aromatic carbocycles. The number of carbonyl (C=O) groups excluding carboxylic acids is 1. The molecule has 0 radical (unpaired) electrons. The van der Waals surface area contributed by atoms with E-state index in [4.69, 9.17) is 4.99 Å². The van der Waals surface area contributed by atoms with Crippen LogP contribution < -0.4 is 0 Å². The zero-order valence-corrected chi connectivity index (χ0v) is 22.4. The second-order valence-corrected chi connectivity index (χ2v) is 11.1. The molecule has 1 saturated carbocycles. The first-order chi connectivity index (χ1) is 15.0. The molecule has 1 aliphatic heterocycles. The van der Waals surface area contributed by atoms with E-state index >= 15 is 0 Å². The van der Waals surface area contributed by atoms with Crippen LogP contribution in [0.25, 0.3) is 6.08 Å². The van der Waals surface area contributed by atoms with Crippen molar-refractivity contribution in [2.24, 2.45) is 4.99 Å². The largest absolute Gasteiger partial charge is 0.506 e. The average molecular weight is 658 g/mol. The van der Waals surface area contributed by atoms with Crippen LogP contribution in [-0.4, -0.2) is 27.1 Å². The fourth-order valence-corrected chi connectivity index (χ4v) is 6.94. The Morgan fingerprint density at radius 3 is 2.52 bits per heavy atom. The summed E-state index contributed by atoms with van der Waals surface area (Å²) in [5, 5.41) is 10.9. The first-order valence-corrected chi connectivity index (χ1v) is 13.5. The van der Waals surface area contributed by atoms with E-state index in [1.165, 1.54) is 23.7 Å². The van der Waals surface area contributed by atoms with Crippen molar-refractivity contribution in [1.82, 2.24) is 4.90 Å². The highest BCUT2D eigenvalue weighted by Crippen LogP contribution is 2.39. The number of aromatic hydroxyl groups is 1. The fourth-order valence-electron chi connectivity index (χ4n) is 4.07. The molecule has 4 nitrogen and oxygen atoms in total. The number of carbonyl (C=O) groups is 1. The lowest BCUT2D eigenvalue weighted by molar-refractivity contribution is -0.124. The van der Waals surface area contributed by atoms with Gasteiger partial charge in [0.05, 0.1) is 17.7 Å². The lowest BCUT2D eigenvalue weighted by atomic mass is 9.94. The highest BCUT2D eigenvalue weighted by molar-refractivity contribution is 14.1. The van der Waals surface area contributed by atoms with Crippen LogP contribution in [0, 0.1) is 7.14 Å². The van der Waals surface area contributed by atoms with Crippen LogP contribution in [0.4, 0.5) is 5.69 Å². The molecule has 1 aliphatic carbocycles. The minimum atomic E-state index is 0.0442. The molecule has 4 rings (SSSR count). The van der Waals surface area contributed by atoms with Gasteiger partial charge in [-0.15, -0.1) is 0 Å². The maximum absolute atomic E-state index is 13.5. The van der Waals surface area contributed by atoms with Crippen LogP contribution >= 0.6 is 56.9 Å². The van der Waals surface area contributed by atoms with Crippen LogP contribution in [-0.2, 0) is 11.2 Å². The van der Waals surface area contributed by atoms with E-state index in [1.807, 2.05) is 41.3 Å². The summed E-state index contributed by atoms with van der Waals surface area (Å²) in [6.07, 6.45) is 8.45. The molecule has 1 N–H and O–H groups in total. The zero-order valence-electron chi connectivity index (χ0n) is 17.3. The number of phenolic OH excluding ortho intramolecular Hbond substituents is 1. The van der Waals surface area contributed by atoms with Crippen LogP contribution in [0.5, 0.6) is 5.75 Å². The van der Waals surface area contributed by atoms with Crippen molar-refractivity contribution in [3.8, 4) is 5.75 Å². The Morgan fingerprint density at radius 2 is 1.84 bits per heavy atom. The minimum Gasteiger partial charge on any atom is -0.506 e. The molecule has 1 saturated heterocycles. The molecule has 1 amide bonds. The highest BCUT2D eigenvalue weighted by Gasteiger charge is 2.38. The molecular formula is C24H24I2N2O2S. The van der Waals surface area contributed by atoms with Crippen molar-refractivity contribution in [2.45, 2.75) is 51.5 Å². The molecule has 162 valence electrons. The third kappa shape index (κ3) is 5.13. The number of phenols is 1. The van der Waals surface area contributed by atoms with Crippen molar-refractivity contribution in [1.29, 1.82) is 0 Å². The third-order valence-corrected chi connectivity index (χ3v) is 8.33. The summed E-state index contributed by atoms with van der Waals surface area (Å²) in [6.45, 7) is 2.13. The van der Waals surface area contributed by atoms with Gasteiger partial charge < -0.3 is 5.11 Å². The average Bonchev–Trinajstić information content (AvgIpc) is 3.07. The van der Waals surface area contributed by atoms with Gasteiger partial charge in [0.25, 0.3) is 5.91 Å². The van der Waals surface area contributed by atoms with Gasteiger partial charge >= 0.3 is 0 Å². The third-order valence-electron chi connectivity index (χ3n) is 5.70. The van der Waals surface area contributed by atoms with Gasteiger partial charge in [0, 0.05) is 6.04 Å². The molecule has 0 aromatic heterocycles. The van der Waals surface area contributed by atoms with E-state index in [2.05, 4.69) is 58.2 Å². The molecule has 0 unspecified atom stereocenters. The Kier molecular flexibility index (Phi) is 7.64. The summed E-state index contributed by atoms with van der Waals surface area (Å²) in [5.41, 5.74) is 3.05. The van der Waals surface area contributed by atoms with E-state index in [0.717, 1.165) is 55.7 Å². The maximum Gasteiger partial charge on any atom is 0.267 e. The van der Waals surface area contributed by atoms with Crippen LogP contribution in [0.15, 0.2) is 46.3 Å². The number of amidine groups is 1. The quantitative estimate of drug-likeness (QED) is 0.282. The number of nitrogens with zero attached hydrogens (tertiary/aromatic N) is 2. The van der Waals surface area contributed by atoms with E-state index < -0.39 is 0 Å². The minimum absolute atomic E-state index is 0.0442. The van der Waals surface area contributed by atoms with Gasteiger partial charge in [0.2, 0.25) is 0 Å². The van der Waals surface area contributed by atoms with Gasteiger partial charge in [0.15, 0.2) is 5.17 Å². The van der Waals surface area contributed by atoms with Crippen molar-refractivity contribution in [2.75, 3.05) is 0 Å². The van der Waals surface area contributed by atoms with Crippen LogP contribution in [0.1, 0.15) is 50.2 Å². The smallest absolute Gasteiger partial charge is 0.267 e. The fraction of sp³-hybridized carbons (Fsp3) is 0.333. The molecule has 2 aromatic rings. The molecule has 1 heterocycles. The predicted octanol–water partition coefficient (Wildman–Crippen LogP) is 7.10. The summed E-state index contributed by atoms with van der Waals surface area (Å²) in [5.74, 6) is 0.332. The monoisotopic (exact) mass is 658 g/mol. The number of amides is 1. The summed E-state index contributed by atoms with van der Waals surface area (Å²) < 4.78 is 1.56. The maximum atomic E-state index is 13.5. The van der Waals surface area contributed by atoms with E-state index in [0.29, 0.717) is 4.91 Å². The number of rotatable bonds is 4. The number of aliphatic imine (C=N–C) groups is 1. The molecule has 0 spiro atoms. The van der Waals surface area contributed by atoms with E-state index in [1.54, 1.807) is 0 Å². The van der Waals surface area contributed by atoms with Gasteiger partial charge in [-0.3, -0.25) is 9.69 Å². The summed E-state index contributed by atoms with van der Waals surface area (Å²) in [4.78, 5) is 21.1. The van der Waals surface area contributed by atoms with Gasteiger partial charge in [-0.05, 0) is 112 Å². The molecular weight excluding hydrogens is 634 g/mol. The standard InChI is InChI=1S/C24H24I2N2O2S/c1-2-16-8-6-7-11-20(16)27-24-28(17-9-4-3-5-10-17)23(30)21(31-24)14-15-12-18(25)22(29)19(26)13-15/h6-8,11-14,17,29H,2-5,9-10H2,1H3/b21-14+,27-24?. The Labute approximate surface area is 214 Å². The number of aryl methyl sites for hydroxylation is 1. The number of halogens is 2. The number of thioether (sulfide) groups is 1. The van der Waals surface area contributed by atoms with Gasteiger partial charge in [-0.1, -0.05) is 44.4 Å². The second-order valence-electron chi connectivity index (χ2n) is 7.79. The molecule has 2 aliphatic rings. The SMILES string of the molecule is CCc1ccccc1N=C1S/C(=C/c2cc(I)c(O)c(I)c2)C(=O)N1C1CCCCC1. The lowest BCUT2D eigenvalue weighted by Gasteiger charge is -2.30. The number of para-hydroxylation sites is 1. The molecule has 0 bridgehead atoms. The van der Waals surface area contributed by atoms with Gasteiger partial charge in [-0.25, -0.2) is 4.99 Å². The van der Waals surface area contributed by atoms with Crippen molar-refractivity contribution in [3.63, 3.8) is 0 Å².